The molecule has 0 fully saturated rings. The third-order valence-electron chi connectivity index (χ3n) is 2.99. The van der Waals surface area contributed by atoms with Gasteiger partial charge in [0.25, 0.3) is 0 Å². The van der Waals surface area contributed by atoms with E-state index >= 15 is 0 Å². The Bertz CT molecular complexity index is 582. The predicted octanol–water partition coefficient (Wildman–Crippen LogP) is 5.94. The number of hydrogen-bond acceptors (Lipinski definition) is 4. The van der Waals surface area contributed by atoms with Gasteiger partial charge in [0.1, 0.15) is 18.5 Å². The summed E-state index contributed by atoms with van der Waals surface area (Å²) >= 11 is 3.22. The van der Waals surface area contributed by atoms with Crippen molar-refractivity contribution >= 4 is 23.8 Å². The quantitative estimate of drug-likeness (QED) is 0.602. The first kappa shape index (κ1) is 18.0. The fourth-order valence-corrected chi connectivity index (χ4v) is 3.32. The largest absolute Gasteiger partial charge is 0.489 e. The van der Waals surface area contributed by atoms with Gasteiger partial charge in [-0.2, -0.15) is 0 Å². The van der Waals surface area contributed by atoms with Gasteiger partial charge in [0.2, 0.25) is 0 Å². The zero-order chi connectivity index (χ0) is 16.3. The van der Waals surface area contributed by atoms with Crippen molar-refractivity contribution in [1.29, 1.82) is 0 Å². The van der Waals surface area contributed by atoms with Crippen LogP contribution in [0.1, 0.15) is 19.4 Å². The normalized spacial score (nSPS) is 15.8. The molecule has 0 saturated carbocycles. The van der Waals surface area contributed by atoms with E-state index in [-0.39, 0.29) is 6.10 Å². The number of rotatable bonds is 6. The van der Waals surface area contributed by atoms with Gasteiger partial charge in [-0.15, -0.1) is 11.8 Å². The summed E-state index contributed by atoms with van der Waals surface area (Å²) in [6.45, 7) is 4.58. The second-order valence-corrected chi connectivity index (χ2v) is 6.39. The summed E-state index contributed by atoms with van der Waals surface area (Å²) < 4.78 is 11.5. The summed E-state index contributed by atoms with van der Waals surface area (Å²) in [5, 5.41) is 2.09. The van der Waals surface area contributed by atoms with Gasteiger partial charge in [-0.25, -0.2) is 0 Å². The van der Waals surface area contributed by atoms with E-state index in [0.29, 0.717) is 6.61 Å². The molecule has 1 unspecified atom stereocenters. The van der Waals surface area contributed by atoms with E-state index in [1.165, 1.54) is 12.0 Å². The minimum atomic E-state index is 0.223. The van der Waals surface area contributed by atoms with Crippen molar-refractivity contribution in [2.75, 3.05) is 5.75 Å². The maximum absolute atomic E-state index is 5.74. The van der Waals surface area contributed by atoms with Crippen molar-refractivity contribution in [2.24, 2.45) is 0 Å². The molecule has 0 aromatic heterocycles. The first-order chi connectivity index (χ1) is 11.4. The van der Waals surface area contributed by atoms with Crippen molar-refractivity contribution in [1.82, 2.24) is 0 Å². The number of para-hydroxylation sites is 1. The minimum Gasteiger partial charge on any atom is -0.489 e. The summed E-state index contributed by atoms with van der Waals surface area (Å²) in [7, 11) is 0. The van der Waals surface area contributed by atoms with E-state index in [1.807, 2.05) is 44.2 Å². The van der Waals surface area contributed by atoms with Gasteiger partial charge >= 0.3 is 0 Å². The van der Waals surface area contributed by atoms with Crippen LogP contribution < -0.4 is 4.74 Å². The molecule has 0 amide bonds. The molecule has 1 atom stereocenters. The van der Waals surface area contributed by atoms with E-state index < -0.39 is 0 Å². The molecule has 0 spiro atoms. The molecule has 4 heteroatoms. The number of ether oxygens (including phenoxy) is 1. The van der Waals surface area contributed by atoms with Crippen LogP contribution in [0.4, 0.5) is 0 Å². The zero-order valence-corrected chi connectivity index (χ0v) is 15.1. The lowest BCUT2D eigenvalue weighted by atomic mass is 10.2. The van der Waals surface area contributed by atoms with Gasteiger partial charge in [0, 0.05) is 22.7 Å². The summed E-state index contributed by atoms with van der Waals surface area (Å²) in [5.41, 5.74) is 1.15. The Morgan fingerprint density at radius 3 is 2.43 bits per heavy atom. The van der Waals surface area contributed by atoms with Gasteiger partial charge in [0.15, 0.2) is 0 Å². The van der Waals surface area contributed by atoms with Crippen LogP contribution in [0.5, 0.6) is 5.75 Å². The van der Waals surface area contributed by atoms with Crippen molar-refractivity contribution in [3.05, 3.63) is 71.6 Å². The Morgan fingerprint density at radius 2 is 1.78 bits per heavy atom. The smallest absolute Gasteiger partial charge is 0.119 e. The standard InChI is InChI=1S/C17H16O2S2.C2H6/c1-2-4-15(5-3-1)18-12-14-6-8-17(9-7-14)21-19-16-10-11-20-13-16;1-2/h1-11,16H,12-13H2;1-2H3. The molecule has 1 aliphatic heterocycles. The summed E-state index contributed by atoms with van der Waals surface area (Å²) in [6.07, 6.45) is 2.32. The van der Waals surface area contributed by atoms with Crippen molar-refractivity contribution in [3.8, 4) is 5.75 Å². The van der Waals surface area contributed by atoms with Crippen LogP contribution in [0, 0.1) is 0 Å². The summed E-state index contributed by atoms with van der Waals surface area (Å²) in [5.74, 6) is 1.90. The zero-order valence-electron chi connectivity index (χ0n) is 13.5. The van der Waals surface area contributed by atoms with Gasteiger partial charge in [-0.1, -0.05) is 44.2 Å². The van der Waals surface area contributed by atoms with Gasteiger partial charge in [-0.05, 0) is 41.3 Å². The fraction of sp³-hybridized carbons (Fsp3) is 0.263. The highest BCUT2D eigenvalue weighted by atomic mass is 32.2. The average Bonchev–Trinajstić information content (AvgIpc) is 3.15. The lowest BCUT2D eigenvalue weighted by Crippen LogP contribution is -2.03. The van der Waals surface area contributed by atoms with E-state index in [4.69, 9.17) is 8.92 Å². The fourth-order valence-electron chi connectivity index (χ4n) is 1.85. The SMILES string of the molecule is C1=CC(OSc2ccc(COc3ccccc3)cc2)CS1.CC. The van der Waals surface area contributed by atoms with Gasteiger partial charge in [-0.3, -0.25) is 0 Å². The first-order valence-electron chi connectivity index (χ1n) is 7.78. The molecule has 0 radical (unpaired) electrons. The molecule has 2 aromatic carbocycles. The molecule has 3 rings (SSSR count). The van der Waals surface area contributed by atoms with Gasteiger partial charge in [0.05, 0.1) is 0 Å². The van der Waals surface area contributed by atoms with Crippen molar-refractivity contribution in [2.45, 2.75) is 31.5 Å². The molecule has 0 N–H and O–H groups in total. The molecule has 0 aliphatic carbocycles. The Morgan fingerprint density at radius 1 is 1.04 bits per heavy atom. The predicted molar refractivity (Wildman–Crippen MR) is 101 cm³/mol. The summed E-state index contributed by atoms with van der Waals surface area (Å²) in [4.78, 5) is 1.11. The molecule has 2 aromatic rings. The second-order valence-electron chi connectivity index (χ2n) is 4.63. The highest BCUT2D eigenvalue weighted by molar-refractivity contribution is 8.02. The Kier molecular flexibility index (Phi) is 8.15. The second kappa shape index (κ2) is 10.4. The summed E-state index contributed by atoms with van der Waals surface area (Å²) in [6, 6.07) is 18.2. The molecular weight excluding hydrogens is 324 g/mol. The molecule has 0 saturated heterocycles. The molecule has 23 heavy (non-hydrogen) atoms. The van der Waals surface area contributed by atoms with Crippen molar-refractivity contribution < 1.29 is 8.92 Å². The average molecular weight is 347 g/mol. The number of hydrogen-bond donors (Lipinski definition) is 0. The van der Waals surface area contributed by atoms with Gasteiger partial charge < -0.3 is 8.92 Å². The highest BCUT2D eigenvalue weighted by Gasteiger charge is 2.10. The third kappa shape index (κ3) is 6.34. The molecule has 1 heterocycles. The number of benzene rings is 2. The molecular formula is C19H22O2S2. The highest BCUT2D eigenvalue weighted by Crippen LogP contribution is 2.26. The van der Waals surface area contributed by atoms with Crippen LogP contribution in [-0.2, 0) is 10.8 Å². The molecule has 1 aliphatic rings. The Labute approximate surface area is 147 Å². The molecule has 0 bridgehead atoms. The van der Waals surface area contributed by atoms with E-state index in [2.05, 4.69) is 35.7 Å². The lowest BCUT2D eigenvalue weighted by Gasteiger charge is -2.09. The van der Waals surface area contributed by atoms with Crippen LogP contribution in [0.15, 0.2) is 71.0 Å². The van der Waals surface area contributed by atoms with E-state index in [1.54, 1.807) is 11.8 Å². The van der Waals surface area contributed by atoms with E-state index in [0.717, 1.165) is 22.0 Å². The van der Waals surface area contributed by atoms with E-state index in [9.17, 15) is 0 Å². The van der Waals surface area contributed by atoms with Crippen LogP contribution >= 0.6 is 23.8 Å². The Balaban J connectivity index is 0.000000924. The van der Waals surface area contributed by atoms with Crippen LogP contribution in [0.2, 0.25) is 0 Å². The molecule has 122 valence electrons. The maximum Gasteiger partial charge on any atom is 0.119 e. The number of thioether (sulfide) groups is 1. The third-order valence-corrected chi connectivity index (χ3v) is 4.67. The lowest BCUT2D eigenvalue weighted by molar-refractivity contribution is 0.306. The monoisotopic (exact) mass is 346 g/mol. The molecule has 2 nitrogen and oxygen atoms in total. The van der Waals surface area contributed by atoms with Crippen LogP contribution in [0.3, 0.4) is 0 Å². The first-order valence-corrected chi connectivity index (χ1v) is 9.57. The Hall–Kier alpha value is -1.36. The maximum atomic E-state index is 5.74. The van der Waals surface area contributed by atoms with Crippen molar-refractivity contribution in [3.63, 3.8) is 0 Å². The van der Waals surface area contributed by atoms with Crippen LogP contribution in [0.25, 0.3) is 0 Å². The van der Waals surface area contributed by atoms with Crippen LogP contribution in [-0.4, -0.2) is 11.9 Å². The topological polar surface area (TPSA) is 18.5 Å². The minimum absolute atomic E-state index is 0.223.